The van der Waals surface area contributed by atoms with Crippen LogP contribution in [0.4, 0.5) is 0 Å². The number of hydrogen-bond acceptors (Lipinski definition) is 14. The fourth-order valence-corrected chi connectivity index (χ4v) is 24.6. The Labute approximate surface area is 770 Å². The van der Waals surface area contributed by atoms with Crippen LogP contribution in [0.15, 0.2) is 384 Å². The van der Waals surface area contributed by atoms with Crippen LogP contribution in [0.3, 0.4) is 0 Å². The molecule has 622 valence electrons. The van der Waals surface area contributed by atoms with E-state index in [1.165, 1.54) is 196 Å². The molecule has 132 heavy (non-hydrogen) atoms. The van der Waals surface area contributed by atoms with Gasteiger partial charge in [0, 0.05) is 152 Å². The van der Waals surface area contributed by atoms with E-state index in [4.69, 9.17) is 4.98 Å². The standard InChI is InChI=1S/C38H26N2S.2C27H16N4S.C22H14N4S/c1-38(2)31-12-6-3-9-25(31)28-19-23(15-17-32(28)38)24-16-18-37(39-22-24)40-33-13-7-4-10-26(33)29-20-30-27-11-5-8-14-35(27)41-36(30)21-34(29)40;1-2-6-18(7-3-1)31-23-9-5-4-8-19(23)20-13-22-21-12-17(27-29-15-28-16-30-27)10-11-25(21)32-26(22)14-24(20)31;1-2-6-17(7-3-1)18-10-11-25-21(12-18)22-13-20-19-8-4-5-9-23(19)31(24(20)14-26(22)32-25)27-29-15-28-16-30-27;1-13-6-7-20-16(8-13)17-9-15-14-4-2-3-5-18(14)26(19(15)10-21(17)27-20)22-24-11-23-12-25-22/h3-22H,1-2H3;2*1-16H;2-12H,1H3. The minimum absolute atomic E-state index is 0.0168. The third-order valence-electron chi connectivity index (χ3n) is 26.2. The predicted octanol–water partition coefficient (Wildman–Crippen LogP) is 30.2. The van der Waals surface area contributed by atoms with Gasteiger partial charge in [0.25, 0.3) is 0 Å². The second-order valence-electron chi connectivity index (χ2n) is 34.1. The summed E-state index contributed by atoms with van der Waals surface area (Å²) < 4.78 is 19.3. The third-order valence-corrected chi connectivity index (χ3v) is 30.8. The zero-order valence-corrected chi connectivity index (χ0v) is 74.5. The average molecular weight is 1770 g/mol. The highest BCUT2D eigenvalue weighted by atomic mass is 32.1. The van der Waals surface area contributed by atoms with E-state index in [1.807, 2.05) is 51.5 Å². The summed E-state index contributed by atoms with van der Waals surface area (Å²) in [6.45, 7) is 6.80. The molecule has 0 bridgehead atoms. The van der Waals surface area contributed by atoms with Crippen LogP contribution in [0.2, 0.25) is 0 Å². The molecule has 0 saturated heterocycles. The van der Waals surface area contributed by atoms with Crippen LogP contribution in [-0.4, -0.2) is 68.1 Å². The van der Waals surface area contributed by atoms with E-state index >= 15 is 0 Å². The molecule has 1 aliphatic rings. The van der Waals surface area contributed by atoms with Gasteiger partial charge in [-0.15, -0.1) is 45.3 Å². The van der Waals surface area contributed by atoms with E-state index in [1.54, 1.807) is 38.0 Å². The lowest BCUT2D eigenvalue weighted by molar-refractivity contribution is 0.660. The summed E-state index contributed by atoms with van der Waals surface area (Å²) in [6.07, 6.45) is 11.3. The van der Waals surface area contributed by atoms with Crippen molar-refractivity contribution in [3.8, 4) is 68.2 Å². The summed E-state index contributed by atoms with van der Waals surface area (Å²) in [5.74, 6) is 2.92. The Morgan fingerprint density at radius 1 is 0.227 bits per heavy atom. The highest BCUT2D eigenvalue weighted by Crippen LogP contribution is 2.52. The summed E-state index contributed by atoms with van der Waals surface area (Å²) in [5.41, 5.74) is 23.0. The van der Waals surface area contributed by atoms with Gasteiger partial charge in [-0.05, 0) is 198 Å². The molecule has 16 aromatic carbocycles. The number of para-hydroxylation sites is 5. The molecule has 18 heteroatoms. The van der Waals surface area contributed by atoms with E-state index in [9.17, 15) is 0 Å². The lowest BCUT2D eigenvalue weighted by Gasteiger charge is -2.21. The number of thiophene rings is 4. The van der Waals surface area contributed by atoms with Crippen molar-refractivity contribution in [3.63, 3.8) is 0 Å². The van der Waals surface area contributed by atoms with E-state index in [-0.39, 0.29) is 5.41 Å². The number of aromatic nitrogens is 14. The van der Waals surface area contributed by atoms with Gasteiger partial charge < -0.3 is 4.57 Å². The molecule has 0 amide bonds. The van der Waals surface area contributed by atoms with Crippen molar-refractivity contribution in [2.45, 2.75) is 26.2 Å². The highest BCUT2D eigenvalue weighted by molar-refractivity contribution is 7.27. The Hall–Kier alpha value is -16.2. The van der Waals surface area contributed by atoms with Gasteiger partial charge in [0.05, 0.1) is 44.1 Å². The van der Waals surface area contributed by atoms with Gasteiger partial charge in [0.2, 0.25) is 11.9 Å². The molecule has 0 spiro atoms. The molecular weight excluding hydrogens is 1690 g/mol. The number of rotatable bonds is 7. The first-order chi connectivity index (χ1) is 65.1. The fourth-order valence-electron chi connectivity index (χ4n) is 20.2. The largest absolute Gasteiger partial charge is 0.309 e. The fraction of sp³-hybridized carbons (Fsp3) is 0.0351. The van der Waals surface area contributed by atoms with Crippen LogP contribution in [-0.2, 0) is 5.41 Å². The summed E-state index contributed by atoms with van der Waals surface area (Å²) in [7, 11) is 0. The lowest BCUT2D eigenvalue weighted by Crippen LogP contribution is -2.14. The quantitative estimate of drug-likeness (QED) is 0.151. The zero-order valence-electron chi connectivity index (χ0n) is 71.3. The average Bonchev–Trinajstić information content (AvgIpc) is 1.58. The molecule has 12 heterocycles. The van der Waals surface area contributed by atoms with Crippen LogP contribution < -0.4 is 0 Å². The summed E-state index contributed by atoms with van der Waals surface area (Å²) in [6, 6.07) is 123. The third kappa shape index (κ3) is 12.5. The molecule has 0 unspecified atom stereocenters. The Morgan fingerprint density at radius 2 is 0.606 bits per heavy atom. The topological polar surface area (TPSA) is 149 Å². The van der Waals surface area contributed by atoms with Crippen LogP contribution in [0.5, 0.6) is 0 Å². The Balaban J connectivity index is 0.0000000932. The van der Waals surface area contributed by atoms with Crippen LogP contribution >= 0.6 is 45.3 Å². The van der Waals surface area contributed by atoms with Gasteiger partial charge in [-0.3, -0.25) is 13.7 Å². The Morgan fingerprint density at radius 3 is 1.14 bits per heavy atom. The molecule has 0 aliphatic heterocycles. The molecule has 0 fully saturated rings. The van der Waals surface area contributed by atoms with Gasteiger partial charge in [-0.25, -0.2) is 49.8 Å². The zero-order chi connectivity index (χ0) is 87.4. The molecule has 1 aliphatic carbocycles. The first kappa shape index (κ1) is 77.0. The number of aryl methyl sites for hydroxylation is 1. The van der Waals surface area contributed by atoms with Gasteiger partial charge >= 0.3 is 0 Å². The van der Waals surface area contributed by atoms with Crippen molar-refractivity contribution in [1.82, 2.24) is 68.1 Å². The van der Waals surface area contributed by atoms with E-state index < -0.39 is 0 Å². The van der Waals surface area contributed by atoms with E-state index in [0.29, 0.717) is 17.7 Å². The second kappa shape index (κ2) is 30.8. The number of hydrogen-bond donors (Lipinski definition) is 0. The maximum absolute atomic E-state index is 5.05. The number of nitrogens with zero attached hydrogens (tertiary/aromatic N) is 14. The molecule has 0 saturated carbocycles. The first-order valence-electron chi connectivity index (χ1n) is 43.8. The minimum Gasteiger partial charge on any atom is -0.309 e. The van der Waals surface area contributed by atoms with Crippen molar-refractivity contribution in [2.75, 3.05) is 0 Å². The number of fused-ring (bicyclic) bond motifs is 27. The molecular formula is C114H72N14S4. The SMILES string of the molecule is CC1(C)c2ccccc2-c2cc(-c3ccc(-n4c5ccccc5c5cc6c(cc54)sc4ccccc46)nc3)ccc21.Cc1ccc2sc3cc4c(cc3c2c1)c1ccccc1n4-c1ncncn1.c1ccc(-c2ccc3sc4cc5c(cc4c3c2)c2ccccc2n5-c2ncncn2)cc1.c1ccc(-n2c3ccccc3c3cc4c(cc32)sc2ccc(-c3ncncn3)cc24)cc1. The highest BCUT2D eigenvalue weighted by Gasteiger charge is 2.35. The lowest BCUT2D eigenvalue weighted by atomic mass is 9.82. The van der Waals surface area contributed by atoms with Crippen molar-refractivity contribution >= 4 is 213 Å². The van der Waals surface area contributed by atoms with E-state index in [2.05, 4.69) is 424 Å². The molecule has 0 atom stereocenters. The maximum atomic E-state index is 5.05. The summed E-state index contributed by atoms with van der Waals surface area (Å²) in [4.78, 5) is 43.3. The van der Waals surface area contributed by atoms with Gasteiger partial charge in [0.15, 0.2) is 5.82 Å². The first-order valence-corrected chi connectivity index (χ1v) is 47.1. The molecule has 14 nitrogen and oxygen atoms in total. The number of pyridine rings is 1. The second-order valence-corrected chi connectivity index (χ2v) is 38.4. The van der Waals surface area contributed by atoms with E-state index in [0.717, 1.165) is 39.0 Å². The van der Waals surface area contributed by atoms with Gasteiger partial charge in [0.1, 0.15) is 43.8 Å². The van der Waals surface area contributed by atoms with Crippen molar-refractivity contribution < 1.29 is 0 Å². The number of benzene rings is 16. The molecule has 29 rings (SSSR count). The smallest absolute Gasteiger partial charge is 0.237 e. The Bertz CT molecular complexity index is 9260. The van der Waals surface area contributed by atoms with Gasteiger partial charge in [-0.2, -0.15) is 0 Å². The van der Waals surface area contributed by atoms with Crippen molar-refractivity contribution in [2.24, 2.45) is 0 Å². The van der Waals surface area contributed by atoms with Gasteiger partial charge in [-0.1, -0.05) is 207 Å². The summed E-state index contributed by atoms with van der Waals surface area (Å²) in [5, 5.41) is 20.3. The molecule has 0 N–H and O–H groups in total. The molecule has 0 radical (unpaired) electrons. The van der Waals surface area contributed by atoms with Crippen molar-refractivity contribution in [1.29, 1.82) is 0 Å². The monoisotopic (exact) mass is 1760 g/mol. The predicted molar refractivity (Wildman–Crippen MR) is 551 cm³/mol. The van der Waals surface area contributed by atoms with Crippen LogP contribution in [0.1, 0.15) is 30.5 Å². The molecule has 12 aromatic heterocycles. The minimum atomic E-state index is 0.0168. The van der Waals surface area contributed by atoms with Crippen LogP contribution in [0.25, 0.3) is 236 Å². The maximum Gasteiger partial charge on any atom is 0.237 e. The molecule has 28 aromatic rings. The van der Waals surface area contributed by atoms with Crippen molar-refractivity contribution in [3.05, 3.63) is 401 Å². The van der Waals surface area contributed by atoms with Crippen LogP contribution in [0, 0.1) is 6.92 Å². The normalized spacial score (nSPS) is 12.4. The Kier molecular flexibility index (Phi) is 17.9. The summed E-state index contributed by atoms with van der Waals surface area (Å²) >= 11 is 7.35.